The Kier molecular flexibility index (Phi) is 12.7. The lowest BCUT2D eigenvalue weighted by molar-refractivity contribution is -0.696. The minimum Gasteiger partial charge on any atom is -1.00 e. The van der Waals surface area contributed by atoms with E-state index >= 15 is 0 Å². The van der Waals surface area contributed by atoms with E-state index in [1.165, 1.54) is 12.8 Å². The standard InChI is InChI=1S/C16H33N2O3Si.ClH/c1-5-9-11-17-13-14-18(16-17)12-10-15-22(19-6-2,20-7-3)21-8-4;/h13-14,16H,5-12,15H2,1-4H3;1H/q+1;/p-1. The van der Waals surface area contributed by atoms with Crippen molar-refractivity contribution >= 4 is 8.80 Å². The Morgan fingerprint density at radius 3 is 2.09 bits per heavy atom. The van der Waals surface area contributed by atoms with Gasteiger partial charge in [0.15, 0.2) is 0 Å². The monoisotopic (exact) mass is 364 g/mol. The van der Waals surface area contributed by atoms with Crippen LogP contribution in [0.15, 0.2) is 18.7 Å². The highest BCUT2D eigenvalue weighted by atomic mass is 35.5. The van der Waals surface area contributed by atoms with Crippen molar-refractivity contribution in [1.29, 1.82) is 0 Å². The normalized spacial score (nSPS) is 11.5. The molecule has 0 N–H and O–H groups in total. The molecule has 0 fully saturated rings. The highest BCUT2D eigenvalue weighted by Gasteiger charge is 2.39. The summed E-state index contributed by atoms with van der Waals surface area (Å²) in [4.78, 5) is 0. The second kappa shape index (κ2) is 13.0. The summed E-state index contributed by atoms with van der Waals surface area (Å²) >= 11 is 0. The minimum atomic E-state index is -2.48. The summed E-state index contributed by atoms with van der Waals surface area (Å²) in [6, 6.07) is 0.871. The highest BCUT2D eigenvalue weighted by Crippen LogP contribution is 2.18. The predicted molar refractivity (Wildman–Crippen MR) is 89.6 cm³/mol. The topological polar surface area (TPSA) is 36.5 Å². The van der Waals surface area contributed by atoms with E-state index in [0.29, 0.717) is 19.8 Å². The van der Waals surface area contributed by atoms with Gasteiger partial charge in [0.25, 0.3) is 0 Å². The summed E-state index contributed by atoms with van der Waals surface area (Å²) in [5, 5.41) is 0. The zero-order valence-corrected chi connectivity index (χ0v) is 16.8. The minimum absolute atomic E-state index is 0. The molecule has 7 heteroatoms. The fraction of sp³-hybridized carbons (Fsp3) is 0.812. The van der Waals surface area contributed by atoms with Crippen LogP contribution in [0.1, 0.15) is 47.0 Å². The first kappa shape index (κ1) is 22.6. The maximum absolute atomic E-state index is 5.89. The van der Waals surface area contributed by atoms with Crippen molar-refractivity contribution in [3.05, 3.63) is 18.7 Å². The number of rotatable bonds is 13. The van der Waals surface area contributed by atoms with E-state index in [1.807, 2.05) is 20.8 Å². The molecule has 0 amide bonds. The fourth-order valence-electron chi connectivity index (χ4n) is 2.52. The third-order valence-corrected chi connectivity index (χ3v) is 6.66. The smallest absolute Gasteiger partial charge is 0.501 e. The van der Waals surface area contributed by atoms with Crippen LogP contribution in [-0.4, -0.2) is 33.2 Å². The number of nitrogens with zero attached hydrogens (tertiary/aromatic N) is 2. The van der Waals surface area contributed by atoms with Crippen LogP contribution in [-0.2, 0) is 26.4 Å². The van der Waals surface area contributed by atoms with E-state index in [2.05, 4.69) is 34.8 Å². The number of hydrogen-bond donors (Lipinski definition) is 0. The number of imidazole rings is 1. The van der Waals surface area contributed by atoms with Gasteiger partial charge in [-0.15, -0.1) is 0 Å². The maximum atomic E-state index is 5.89. The molecule has 0 unspecified atom stereocenters. The van der Waals surface area contributed by atoms with Crippen molar-refractivity contribution in [3.8, 4) is 0 Å². The molecule has 0 aliphatic rings. The third kappa shape index (κ3) is 8.31. The Bertz CT molecular complexity index is 387. The maximum Gasteiger partial charge on any atom is 0.501 e. The van der Waals surface area contributed by atoms with E-state index in [4.69, 9.17) is 13.3 Å². The largest absolute Gasteiger partial charge is 1.00 e. The Balaban J connectivity index is 0.00000484. The molecular weight excluding hydrogens is 332 g/mol. The van der Waals surface area contributed by atoms with Gasteiger partial charge in [0.1, 0.15) is 12.4 Å². The van der Waals surface area contributed by atoms with E-state index in [9.17, 15) is 0 Å². The zero-order valence-electron chi connectivity index (χ0n) is 15.1. The van der Waals surface area contributed by atoms with Gasteiger partial charge in [-0.1, -0.05) is 13.3 Å². The predicted octanol–water partition coefficient (Wildman–Crippen LogP) is 0.0182. The Labute approximate surface area is 148 Å². The van der Waals surface area contributed by atoms with Gasteiger partial charge in [-0.2, -0.15) is 0 Å². The van der Waals surface area contributed by atoms with Gasteiger partial charge in [0, 0.05) is 25.9 Å². The molecule has 1 aromatic rings. The summed E-state index contributed by atoms with van der Waals surface area (Å²) in [5.74, 6) is 0. The summed E-state index contributed by atoms with van der Waals surface area (Å²) < 4.78 is 22.1. The molecule has 0 saturated heterocycles. The molecule has 1 rings (SSSR count). The molecule has 1 heterocycles. The van der Waals surface area contributed by atoms with Crippen LogP contribution in [0.5, 0.6) is 0 Å². The van der Waals surface area contributed by atoms with Gasteiger partial charge in [0.2, 0.25) is 6.33 Å². The molecular formula is C16H33ClN2O3Si. The molecule has 136 valence electrons. The number of aryl methyl sites for hydroxylation is 2. The van der Waals surface area contributed by atoms with Crippen molar-refractivity contribution in [3.63, 3.8) is 0 Å². The van der Waals surface area contributed by atoms with Crippen LogP contribution >= 0.6 is 0 Å². The average molecular weight is 365 g/mol. The summed E-state index contributed by atoms with van der Waals surface area (Å²) in [6.07, 6.45) is 9.93. The van der Waals surface area contributed by atoms with Crippen molar-refractivity contribution in [1.82, 2.24) is 4.57 Å². The molecule has 0 spiro atoms. The van der Waals surface area contributed by atoms with Gasteiger partial charge in [-0.3, -0.25) is 0 Å². The van der Waals surface area contributed by atoms with E-state index in [0.717, 1.165) is 25.6 Å². The lowest BCUT2D eigenvalue weighted by Crippen LogP contribution is -3.00. The summed E-state index contributed by atoms with van der Waals surface area (Å²) in [5.41, 5.74) is 0. The molecule has 0 aliphatic heterocycles. The van der Waals surface area contributed by atoms with Crippen molar-refractivity contribution in [2.24, 2.45) is 0 Å². The van der Waals surface area contributed by atoms with Crippen LogP contribution in [0, 0.1) is 0 Å². The van der Waals surface area contributed by atoms with Crippen molar-refractivity contribution < 1.29 is 30.3 Å². The van der Waals surface area contributed by atoms with Gasteiger partial charge in [-0.25, -0.2) is 9.13 Å². The highest BCUT2D eigenvalue weighted by molar-refractivity contribution is 6.60. The zero-order chi connectivity index (χ0) is 16.3. The lowest BCUT2D eigenvalue weighted by Gasteiger charge is -2.28. The van der Waals surface area contributed by atoms with Crippen LogP contribution in [0.2, 0.25) is 6.04 Å². The second-order valence-corrected chi connectivity index (χ2v) is 8.06. The molecule has 0 aromatic carbocycles. The molecule has 0 bridgehead atoms. The quantitative estimate of drug-likeness (QED) is 0.366. The SMILES string of the molecule is CCCCn1cc[n+](CCC[Si](OCC)(OCC)OCC)c1.[Cl-]. The van der Waals surface area contributed by atoms with Gasteiger partial charge in [0.05, 0.1) is 13.1 Å². The molecule has 1 aromatic heterocycles. The molecule has 0 aliphatic carbocycles. The molecule has 0 saturated carbocycles. The summed E-state index contributed by atoms with van der Waals surface area (Å²) in [6.45, 7) is 12.2. The number of halogens is 1. The van der Waals surface area contributed by atoms with Crippen LogP contribution in [0.3, 0.4) is 0 Å². The molecule has 23 heavy (non-hydrogen) atoms. The van der Waals surface area contributed by atoms with E-state index in [1.54, 1.807) is 0 Å². The van der Waals surface area contributed by atoms with Crippen LogP contribution in [0.4, 0.5) is 0 Å². The average Bonchev–Trinajstić information content (AvgIpc) is 2.94. The first-order valence-corrected chi connectivity index (χ1v) is 10.6. The van der Waals surface area contributed by atoms with Crippen LogP contribution < -0.4 is 17.0 Å². The third-order valence-electron chi connectivity index (χ3n) is 3.51. The number of unbranched alkanes of at least 4 members (excludes halogenated alkanes) is 1. The van der Waals surface area contributed by atoms with Crippen LogP contribution in [0.25, 0.3) is 0 Å². The Hall–Kier alpha value is -0.403. The van der Waals surface area contributed by atoms with Gasteiger partial charge < -0.3 is 25.7 Å². The van der Waals surface area contributed by atoms with Crippen molar-refractivity contribution in [2.75, 3.05) is 19.8 Å². The van der Waals surface area contributed by atoms with Gasteiger partial charge in [-0.05, 0) is 33.6 Å². The second-order valence-electron chi connectivity index (χ2n) is 5.33. The van der Waals surface area contributed by atoms with E-state index < -0.39 is 8.80 Å². The lowest BCUT2D eigenvalue weighted by atomic mass is 10.3. The fourth-order valence-corrected chi connectivity index (χ4v) is 5.12. The first-order chi connectivity index (χ1) is 10.7. The molecule has 0 atom stereocenters. The number of hydrogen-bond acceptors (Lipinski definition) is 3. The summed E-state index contributed by atoms with van der Waals surface area (Å²) in [7, 11) is -2.48. The Morgan fingerprint density at radius 2 is 1.57 bits per heavy atom. The van der Waals surface area contributed by atoms with Gasteiger partial charge >= 0.3 is 8.80 Å². The first-order valence-electron chi connectivity index (χ1n) is 8.66. The molecule has 0 radical (unpaired) electrons. The van der Waals surface area contributed by atoms with E-state index in [-0.39, 0.29) is 12.4 Å². The van der Waals surface area contributed by atoms with Crippen molar-refractivity contribution in [2.45, 2.75) is 66.1 Å². The Morgan fingerprint density at radius 1 is 0.957 bits per heavy atom. The molecule has 5 nitrogen and oxygen atoms in total. The number of aromatic nitrogens is 2.